The maximum absolute atomic E-state index is 12.2. The van der Waals surface area contributed by atoms with E-state index in [1.54, 1.807) is 34.6 Å². The van der Waals surface area contributed by atoms with Crippen molar-refractivity contribution in [3.8, 4) is 0 Å². The molecule has 0 N–H and O–H groups in total. The predicted molar refractivity (Wildman–Crippen MR) is 61.5 cm³/mol. The van der Waals surface area contributed by atoms with Crippen molar-refractivity contribution >= 4 is 13.6 Å². The Kier molecular flexibility index (Phi) is 6.88. The van der Waals surface area contributed by atoms with E-state index in [0.717, 1.165) is 0 Å². The highest BCUT2D eigenvalue weighted by Gasteiger charge is 2.31. The SMILES string of the molecule is CCOC(=O)CP(=O)(OC(C)C)OC(C)C. The van der Waals surface area contributed by atoms with Crippen molar-refractivity contribution in [2.24, 2.45) is 0 Å². The molecule has 0 unspecified atom stereocenters. The highest BCUT2D eigenvalue weighted by atomic mass is 31.2. The molecular formula is C10H21O5P. The summed E-state index contributed by atoms with van der Waals surface area (Å²) in [7, 11) is -3.39. The second-order valence-corrected chi connectivity index (χ2v) is 5.84. The summed E-state index contributed by atoms with van der Waals surface area (Å²) >= 11 is 0. The van der Waals surface area contributed by atoms with Crippen LogP contribution in [-0.2, 0) is 23.1 Å². The summed E-state index contributed by atoms with van der Waals surface area (Å²) in [5, 5.41) is 0. The van der Waals surface area contributed by atoms with Gasteiger partial charge in [0.25, 0.3) is 0 Å². The molecule has 0 saturated carbocycles. The molecule has 16 heavy (non-hydrogen) atoms. The van der Waals surface area contributed by atoms with E-state index in [1.165, 1.54) is 0 Å². The van der Waals surface area contributed by atoms with E-state index in [1.807, 2.05) is 0 Å². The minimum absolute atomic E-state index is 0.252. The van der Waals surface area contributed by atoms with E-state index in [4.69, 9.17) is 13.8 Å². The first kappa shape index (κ1) is 15.6. The van der Waals surface area contributed by atoms with Crippen LogP contribution in [-0.4, -0.2) is 30.9 Å². The molecule has 0 rings (SSSR count). The Morgan fingerprint density at radius 3 is 1.88 bits per heavy atom. The fourth-order valence-electron chi connectivity index (χ4n) is 1.11. The van der Waals surface area contributed by atoms with Crippen LogP contribution in [0.1, 0.15) is 34.6 Å². The summed E-state index contributed by atoms with van der Waals surface area (Å²) in [6.07, 6.45) is -0.866. The molecule has 0 radical (unpaired) electrons. The number of carbonyl (C=O) groups is 1. The van der Waals surface area contributed by atoms with Gasteiger partial charge >= 0.3 is 13.6 Å². The number of ether oxygens (including phenoxy) is 1. The molecule has 0 aliphatic rings. The van der Waals surface area contributed by atoms with Crippen molar-refractivity contribution in [3.63, 3.8) is 0 Å². The van der Waals surface area contributed by atoms with Crippen molar-refractivity contribution in [2.75, 3.05) is 12.8 Å². The average Bonchev–Trinajstić information content (AvgIpc) is 1.98. The Bertz CT molecular complexity index is 248. The molecule has 0 saturated heterocycles. The standard InChI is InChI=1S/C10H21O5P/c1-6-13-10(11)7-16(12,14-8(2)3)15-9(4)5/h8-9H,6-7H2,1-5H3. The molecule has 0 heterocycles. The van der Waals surface area contributed by atoms with E-state index in [0.29, 0.717) is 0 Å². The predicted octanol–water partition coefficient (Wildman–Crippen LogP) is 2.59. The third kappa shape index (κ3) is 6.99. The van der Waals surface area contributed by atoms with Gasteiger partial charge in [0, 0.05) is 0 Å². The first-order valence-electron chi connectivity index (χ1n) is 5.40. The third-order valence-corrected chi connectivity index (χ3v) is 3.50. The van der Waals surface area contributed by atoms with Gasteiger partial charge in [-0.3, -0.25) is 9.36 Å². The van der Waals surface area contributed by atoms with Gasteiger partial charge in [-0.15, -0.1) is 0 Å². The lowest BCUT2D eigenvalue weighted by atomic mass is 10.5. The quantitative estimate of drug-likeness (QED) is 0.514. The van der Waals surface area contributed by atoms with Crippen molar-refractivity contribution in [1.82, 2.24) is 0 Å². The van der Waals surface area contributed by atoms with Crippen LogP contribution in [0, 0.1) is 0 Å². The highest BCUT2D eigenvalue weighted by molar-refractivity contribution is 7.54. The molecule has 0 aliphatic heterocycles. The third-order valence-electron chi connectivity index (χ3n) is 1.37. The molecule has 0 amide bonds. The number of rotatable bonds is 7. The van der Waals surface area contributed by atoms with Gasteiger partial charge in [0.05, 0.1) is 18.8 Å². The first-order chi connectivity index (χ1) is 7.29. The Morgan fingerprint density at radius 2 is 1.56 bits per heavy atom. The van der Waals surface area contributed by atoms with E-state index >= 15 is 0 Å². The van der Waals surface area contributed by atoms with Gasteiger partial charge in [-0.25, -0.2) is 0 Å². The maximum atomic E-state index is 12.2. The van der Waals surface area contributed by atoms with Crippen LogP contribution in [0.3, 0.4) is 0 Å². The van der Waals surface area contributed by atoms with Gasteiger partial charge in [0.2, 0.25) is 0 Å². The van der Waals surface area contributed by atoms with Gasteiger partial charge in [-0.05, 0) is 34.6 Å². The summed E-state index contributed by atoms with van der Waals surface area (Å²) < 4.78 is 27.3. The van der Waals surface area contributed by atoms with E-state index < -0.39 is 13.6 Å². The van der Waals surface area contributed by atoms with Crippen molar-refractivity contribution in [1.29, 1.82) is 0 Å². The van der Waals surface area contributed by atoms with E-state index in [2.05, 4.69) is 0 Å². The Balaban J connectivity index is 4.53. The van der Waals surface area contributed by atoms with Crippen LogP contribution < -0.4 is 0 Å². The number of hydrogen-bond donors (Lipinski definition) is 0. The average molecular weight is 252 g/mol. The van der Waals surface area contributed by atoms with Crippen LogP contribution >= 0.6 is 7.60 Å². The monoisotopic (exact) mass is 252 g/mol. The Hall–Kier alpha value is -0.380. The number of carbonyl (C=O) groups excluding carboxylic acids is 1. The molecule has 0 aliphatic carbocycles. The molecule has 0 bridgehead atoms. The fourth-order valence-corrected chi connectivity index (χ4v) is 3.00. The van der Waals surface area contributed by atoms with Crippen LogP contribution in [0.5, 0.6) is 0 Å². The molecule has 0 spiro atoms. The molecule has 96 valence electrons. The number of hydrogen-bond acceptors (Lipinski definition) is 5. The van der Waals surface area contributed by atoms with Gasteiger partial charge in [-0.2, -0.15) is 0 Å². The lowest BCUT2D eigenvalue weighted by Gasteiger charge is -2.21. The summed E-state index contributed by atoms with van der Waals surface area (Å²) in [5.41, 5.74) is 0. The summed E-state index contributed by atoms with van der Waals surface area (Å²) in [4.78, 5) is 11.3. The lowest BCUT2D eigenvalue weighted by Crippen LogP contribution is -2.17. The summed E-state index contributed by atoms with van der Waals surface area (Å²) in [6.45, 7) is 8.89. The van der Waals surface area contributed by atoms with Gasteiger partial charge in [0.1, 0.15) is 6.16 Å². The van der Waals surface area contributed by atoms with Crippen molar-refractivity contribution in [3.05, 3.63) is 0 Å². The molecule has 0 aromatic carbocycles. The zero-order chi connectivity index (χ0) is 12.8. The molecular weight excluding hydrogens is 231 g/mol. The minimum atomic E-state index is -3.39. The van der Waals surface area contributed by atoms with Crippen LogP contribution in [0.2, 0.25) is 0 Å². The smallest absolute Gasteiger partial charge is 0.342 e. The largest absolute Gasteiger partial charge is 0.466 e. The summed E-state index contributed by atoms with van der Waals surface area (Å²) in [5.74, 6) is -0.563. The maximum Gasteiger partial charge on any atom is 0.342 e. The zero-order valence-electron chi connectivity index (χ0n) is 10.6. The minimum Gasteiger partial charge on any atom is -0.466 e. The molecule has 0 aromatic rings. The zero-order valence-corrected chi connectivity index (χ0v) is 11.5. The topological polar surface area (TPSA) is 61.8 Å². The normalized spacial score (nSPS) is 12.2. The Labute approximate surface area is 97.0 Å². The summed E-state index contributed by atoms with van der Waals surface area (Å²) in [6, 6.07) is 0. The van der Waals surface area contributed by atoms with Crippen molar-refractivity contribution < 1.29 is 23.1 Å². The molecule has 0 fully saturated rings. The van der Waals surface area contributed by atoms with Crippen LogP contribution in [0.4, 0.5) is 0 Å². The molecule has 0 atom stereocenters. The lowest BCUT2D eigenvalue weighted by molar-refractivity contribution is -0.140. The van der Waals surface area contributed by atoms with Crippen molar-refractivity contribution in [2.45, 2.75) is 46.8 Å². The first-order valence-corrected chi connectivity index (χ1v) is 7.13. The van der Waals surface area contributed by atoms with Gasteiger partial charge < -0.3 is 13.8 Å². The van der Waals surface area contributed by atoms with Gasteiger partial charge in [0.15, 0.2) is 0 Å². The Morgan fingerprint density at radius 1 is 1.12 bits per heavy atom. The molecule has 6 heteroatoms. The van der Waals surface area contributed by atoms with E-state index in [9.17, 15) is 9.36 Å². The van der Waals surface area contributed by atoms with Crippen LogP contribution in [0.15, 0.2) is 0 Å². The second-order valence-electron chi connectivity index (χ2n) is 3.88. The van der Waals surface area contributed by atoms with E-state index in [-0.39, 0.29) is 25.0 Å². The second kappa shape index (κ2) is 7.05. The fraction of sp³-hybridized carbons (Fsp3) is 0.900. The van der Waals surface area contributed by atoms with Crippen LogP contribution in [0.25, 0.3) is 0 Å². The number of esters is 1. The van der Waals surface area contributed by atoms with Gasteiger partial charge in [-0.1, -0.05) is 0 Å². The molecule has 0 aromatic heterocycles. The molecule has 5 nitrogen and oxygen atoms in total. The highest BCUT2D eigenvalue weighted by Crippen LogP contribution is 2.50.